The molecule has 0 spiro atoms. The smallest absolute Gasteiger partial charge is 0.0135 e. The van der Waals surface area contributed by atoms with Crippen LogP contribution < -0.4 is 10.6 Å². The van der Waals surface area contributed by atoms with Crippen molar-refractivity contribution in [2.45, 2.75) is 128 Å². The molecule has 0 bridgehead atoms. The standard InChI is InChI=1S/C26H44N2/c1-23(2)15-13-21(17-25(5,6)27-23)19-9-11-20(12-10-19)22-14-16-24(3,4)28-26(7,8)18-22/h9-12,21-22,27-28H,13-18H2,1-8H3. The van der Waals surface area contributed by atoms with Crippen LogP contribution in [0.25, 0.3) is 0 Å². The Morgan fingerprint density at radius 1 is 0.571 bits per heavy atom. The predicted octanol–water partition coefficient (Wildman–Crippen LogP) is 6.52. The van der Waals surface area contributed by atoms with Crippen LogP contribution >= 0.6 is 0 Å². The predicted molar refractivity (Wildman–Crippen MR) is 122 cm³/mol. The van der Waals surface area contributed by atoms with Crippen LogP contribution in [0.4, 0.5) is 0 Å². The zero-order chi connectivity index (χ0) is 20.8. The summed E-state index contributed by atoms with van der Waals surface area (Å²) in [5.74, 6) is 1.31. The van der Waals surface area contributed by atoms with Crippen molar-refractivity contribution in [2.24, 2.45) is 0 Å². The molecular weight excluding hydrogens is 340 g/mol. The minimum absolute atomic E-state index is 0.186. The number of nitrogens with one attached hydrogen (secondary N) is 2. The molecule has 0 saturated carbocycles. The largest absolute Gasteiger partial charge is 0.307 e. The molecule has 2 fully saturated rings. The van der Waals surface area contributed by atoms with Crippen molar-refractivity contribution in [1.29, 1.82) is 0 Å². The van der Waals surface area contributed by atoms with Crippen LogP contribution in [0, 0.1) is 0 Å². The fourth-order valence-electron chi connectivity index (χ4n) is 6.17. The summed E-state index contributed by atoms with van der Waals surface area (Å²) in [5, 5.41) is 7.75. The zero-order valence-corrected chi connectivity index (χ0v) is 19.7. The normalized spacial score (nSPS) is 31.6. The third-order valence-electron chi connectivity index (χ3n) is 6.98. The second-order valence-corrected chi connectivity index (χ2v) is 12.3. The molecule has 0 radical (unpaired) electrons. The van der Waals surface area contributed by atoms with Crippen LogP contribution in [-0.2, 0) is 0 Å². The molecule has 0 aliphatic carbocycles. The van der Waals surface area contributed by atoms with Gasteiger partial charge >= 0.3 is 0 Å². The van der Waals surface area contributed by atoms with Gasteiger partial charge in [-0.05, 0) is 117 Å². The molecule has 2 aliphatic rings. The molecule has 2 aliphatic heterocycles. The zero-order valence-electron chi connectivity index (χ0n) is 19.7. The average molecular weight is 385 g/mol. The lowest BCUT2D eigenvalue weighted by atomic mass is 9.81. The Morgan fingerprint density at radius 2 is 0.893 bits per heavy atom. The van der Waals surface area contributed by atoms with Crippen molar-refractivity contribution in [1.82, 2.24) is 10.6 Å². The highest BCUT2D eigenvalue weighted by atomic mass is 15.0. The molecular formula is C26H44N2. The van der Waals surface area contributed by atoms with E-state index in [2.05, 4.69) is 90.3 Å². The quantitative estimate of drug-likeness (QED) is 0.607. The molecule has 2 N–H and O–H groups in total. The number of hydrogen-bond donors (Lipinski definition) is 2. The fourth-order valence-corrected chi connectivity index (χ4v) is 6.17. The van der Waals surface area contributed by atoms with Gasteiger partial charge in [-0.3, -0.25) is 0 Å². The first-order chi connectivity index (χ1) is 12.8. The van der Waals surface area contributed by atoms with Crippen LogP contribution in [0.5, 0.6) is 0 Å². The van der Waals surface area contributed by atoms with Crippen LogP contribution in [0.15, 0.2) is 24.3 Å². The van der Waals surface area contributed by atoms with Crippen molar-refractivity contribution < 1.29 is 0 Å². The van der Waals surface area contributed by atoms with Gasteiger partial charge in [0.15, 0.2) is 0 Å². The molecule has 28 heavy (non-hydrogen) atoms. The molecule has 2 nitrogen and oxygen atoms in total. The third-order valence-corrected chi connectivity index (χ3v) is 6.98. The van der Waals surface area contributed by atoms with Crippen LogP contribution in [-0.4, -0.2) is 22.2 Å². The van der Waals surface area contributed by atoms with Gasteiger partial charge in [-0.15, -0.1) is 0 Å². The minimum atomic E-state index is 0.186. The van der Waals surface area contributed by atoms with E-state index < -0.39 is 0 Å². The van der Waals surface area contributed by atoms with Gasteiger partial charge in [0.2, 0.25) is 0 Å². The summed E-state index contributed by atoms with van der Waals surface area (Å²) in [5.41, 5.74) is 3.89. The van der Waals surface area contributed by atoms with Gasteiger partial charge in [-0.2, -0.15) is 0 Å². The van der Waals surface area contributed by atoms with Crippen LogP contribution in [0.3, 0.4) is 0 Å². The van der Waals surface area contributed by atoms with E-state index in [9.17, 15) is 0 Å². The maximum absolute atomic E-state index is 3.87. The summed E-state index contributed by atoms with van der Waals surface area (Å²) in [6.07, 6.45) is 7.45. The monoisotopic (exact) mass is 384 g/mol. The number of rotatable bonds is 2. The maximum atomic E-state index is 3.87. The Bertz CT molecular complexity index is 607. The molecule has 0 amide bonds. The van der Waals surface area contributed by atoms with Gasteiger partial charge in [0.1, 0.15) is 0 Å². The van der Waals surface area contributed by atoms with E-state index in [-0.39, 0.29) is 22.2 Å². The summed E-state index contributed by atoms with van der Waals surface area (Å²) in [6, 6.07) is 9.74. The molecule has 2 atom stereocenters. The molecule has 158 valence electrons. The number of hydrogen-bond acceptors (Lipinski definition) is 2. The van der Waals surface area contributed by atoms with Crippen LogP contribution in [0.2, 0.25) is 0 Å². The fraction of sp³-hybridized carbons (Fsp3) is 0.769. The van der Waals surface area contributed by atoms with Gasteiger partial charge in [0.25, 0.3) is 0 Å². The topological polar surface area (TPSA) is 24.1 Å². The first-order valence-electron chi connectivity index (χ1n) is 11.4. The van der Waals surface area contributed by atoms with Crippen molar-refractivity contribution in [3.63, 3.8) is 0 Å². The van der Waals surface area contributed by atoms with Crippen molar-refractivity contribution >= 4 is 0 Å². The molecule has 1 aromatic rings. The van der Waals surface area contributed by atoms with E-state index >= 15 is 0 Å². The summed E-state index contributed by atoms with van der Waals surface area (Å²) in [7, 11) is 0. The highest BCUT2D eigenvalue weighted by molar-refractivity contribution is 5.29. The molecule has 2 heteroatoms. The molecule has 3 rings (SSSR count). The summed E-state index contributed by atoms with van der Waals surface area (Å²) in [6.45, 7) is 18.9. The first-order valence-corrected chi connectivity index (χ1v) is 11.4. The Kier molecular flexibility index (Phi) is 5.80. The van der Waals surface area contributed by atoms with E-state index in [0.29, 0.717) is 11.8 Å². The lowest BCUT2D eigenvalue weighted by molar-refractivity contribution is 0.266. The van der Waals surface area contributed by atoms with Gasteiger partial charge in [-0.1, -0.05) is 24.3 Å². The van der Waals surface area contributed by atoms with E-state index in [1.165, 1.54) is 49.7 Å². The van der Waals surface area contributed by atoms with Gasteiger partial charge < -0.3 is 10.6 Å². The Morgan fingerprint density at radius 3 is 1.21 bits per heavy atom. The first kappa shape index (κ1) is 21.8. The third kappa shape index (κ3) is 5.60. The van der Waals surface area contributed by atoms with Crippen molar-refractivity contribution in [3.05, 3.63) is 35.4 Å². The molecule has 2 heterocycles. The van der Waals surface area contributed by atoms with E-state index in [4.69, 9.17) is 0 Å². The van der Waals surface area contributed by atoms with Gasteiger partial charge in [-0.25, -0.2) is 0 Å². The highest BCUT2D eigenvalue weighted by Gasteiger charge is 2.36. The van der Waals surface area contributed by atoms with Crippen LogP contribution in [0.1, 0.15) is 117 Å². The minimum Gasteiger partial charge on any atom is -0.307 e. The van der Waals surface area contributed by atoms with E-state index in [1.807, 2.05) is 0 Å². The summed E-state index contributed by atoms with van der Waals surface area (Å²) >= 11 is 0. The Hall–Kier alpha value is -0.860. The Balaban J connectivity index is 1.76. The number of benzene rings is 1. The highest BCUT2D eigenvalue weighted by Crippen LogP contribution is 2.40. The second kappa shape index (κ2) is 7.43. The summed E-state index contributed by atoms with van der Waals surface area (Å²) < 4.78 is 0. The van der Waals surface area contributed by atoms with Crippen molar-refractivity contribution in [3.8, 4) is 0 Å². The van der Waals surface area contributed by atoms with E-state index in [0.717, 1.165) is 0 Å². The Labute approximate surface area is 174 Å². The second-order valence-electron chi connectivity index (χ2n) is 12.3. The molecule has 1 aromatic carbocycles. The van der Waals surface area contributed by atoms with E-state index in [1.54, 1.807) is 0 Å². The molecule has 2 unspecified atom stereocenters. The lowest BCUT2D eigenvalue weighted by Crippen LogP contribution is -2.50. The molecule has 2 saturated heterocycles. The lowest BCUT2D eigenvalue weighted by Gasteiger charge is -2.35. The maximum Gasteiger partial charge on any atom is 0.0135 e. The van der Waals surface area contributed by atoms with Crippen molar-refractivity contribution in [2.75, 3.05) is 0 Å². The molecule has 0 aromatic heterocycles. The average Bonchev–Trinajstić information content (AvgIpc) is 2.72. The van der Waals surface area contributed by atoms with Gasteiger partial charge in [0.05, 0.1) is 0 Å². The summed E-state index contributed by atoms with van der Waals surface area (Å²) in [4.78, 5) is 0. The SMILES string of the molecule is CC1(C)CCC(c2ccc(C3CCC(C)(C)NC(C)(C)C3)cc2)CC(C)(C)N1. The van der Waals surface area contributed by atoms with Gasteiger partial charge in [0, 0.05) is 22.2 Å².